The molecule has 2 aliphatic heterocycles. The molecule has 3 rings (SSSR count). The van der Waals surface area contributed by atoms with Crippen LogP contribution in [-0.2, 0) is 16.1 Å². The first kappa shape index (κ1) is 19.8. The van der Waals surface area contributed by atoms with Gasteiger partial charge in [0.1, 0.15) is 0 Å². The molecule has 0 spiro atoms. The summed E-state index contributed by atoms with van der Waals surface area (Å²) in [5, 5.41) is 3.04. The smallest absolute Gasteiger partial charge is 0.224 e. The van der Waals surface area contributed by atoms with Crippen LogP contribution in [0.3, 0.4) is 0 Å². The zero-order valence-corrected chi connectivity index (χ0v) is 16.0. The molecule has 148 valence electrons. The van der Waals surface area contributed by atoms with Crippen molar-refractivity contribution in [1.82, 2.24) is 20.1 Å². The Labute approximate surface area is 161 Å². The maximum Gasteiger partial charge on any atom is 0.224 e. The minimum absolute atomic E-state index is 0.0411. The first-order chi connectivity index (χ1) is 13.2. The topological polar surface area (TPSA) is 91.6 Å². The highest BCUT2D eigenvalue weighted by Crippen LogP contribution is 2.24. The third-order valence-electron chi connectivity index (χ3n) is 5.69. The molecule has 1 aromatic rings. The molecule has 2 aliphatic rings. The second-order valence-electron chi connectivity index (χ2n) is 7.52. The van der Waals surface area contributed by atoms with E-state index in [0.29, 0.717) is 25.6 Å². The van der Waals surface area contributed by atoms with Gasteiger partial charge in [-0.25, -0.2) is 0 Å². The molecule has 0 unspecified atom stereocenters. The summed E-state index contributed by atoms with van der Waals surface area (Å²) in [5.74, 6) is 0.335. The molecule has 7 nitrogen and oxygen atoms in total. The zero-order chi connectivity index (χ0) is 19.1. The number of hydrogen-bond acceptors (Lipinski definition) is 5. The van der Waals surface area contributed by atoms with Crippen LogP contribution in [-0.4, -0.2) is 65.4 Å². The molecule has 3 heterocycles. The van der Waals surface area contributed by atoms with E-state index in [1.165, 1.54) is 0 Å². The average Bonchev–Trinajstić information content (AvgIpc) is 2.73. The van der Waals surface area contributed by atoms with Crippen molar-refractivity contribution in [2.75, 3.05) is 32.7 Å². The summed E-state index contributed by atoms with van der Waals surface area (Å²) in [6.07, 6.45) is 6.14. The van der Waals surface area contributed by atoms with E-state index in [1.807, 2.05) is 23.1 Å². The van der Waals surface area contributed by atoms with E-state index in [9.17, 15) is 9.59 Å². The summed E-state index contributed by atoms with van der Waals surface area (Å²) in [5.41, 5.74) is 6.37. The Balaban J connectivity index is 1.45. The lowest BCUT2D eigenvalue weighted by atomic mass is 9.93. The van der Waals surface area contributed by atoms with Gasteiger partial charge >= 0.3 is 0 Å². The monoisotopic (exact) mass is 373 g/mol. The van der Waals surface area contributed by atoms with E-state index in [4.69, 9.17) is 5.73 Å². The SMILES string of the molecule is NCCC(=O)N1CCC(N2CCC[C@H](C(=O)NCc3ccccn3)C2)CC1. The maximum absolute atomic E-state index is 12.6. The second kappa shape index (κ2) is 9.80. The number of carbonyl (C=O) groups excluding carboxylic acids is 2. The molecule has 1 atom stereocenters. The summed E-state index contributed by atoms with van der Waals surface area (Å²) in [6, 6.07) is 6.20. The van der Waals surface area contributed by atoms with E-state index in [0.717, 1.165) is 57.6 Å². The van der Waals surface area contributed by atoms with Gasteiger partial charge in [0.25, 0.3) is 0 Å². The fourth-order valence-corrected chi connectivity index (χ4v) is 4.14. The van der Waals surface area contributed by atoms with E-state index < -0.39 is 0 Å². The number of carbonyl (C=O) groups is 2. The molecule has 2 fully saturated rings. The molecule has 3 N–H and O–H groups in total. The number of nitrogens with one attached hydrogen (secondary N) is 1. The lowest BCUT2D eigenvalue weighted by Gasteiger charge is -2.42. The van der Waals surface area contributed by atoms with Crippen LogP contribution in [0.5, 0.6) is 0 Å². The van der Waals surface area contributed by atoms with Crippen molar-refractivity contribution < 1.29 is 9.59 Å². The normalized spacial score (nSPS) is 21.8. The number of amides is 2. The van der Waals surface area contributed by atoms with Gasteiger partial charge in [-0.05, 0) is 44.4 Å². The van der Waals surface area contributed by atoms with Gasteiger partial charge in [0.2, 0.25) is 11.8 Å². The Morgan fingerprint density at radius 2 is 2.00 bits per heavy atom. The van der Waals surface area contributed by atoms with Crippen LogP contribution < -0.4 is 11.1 Å². The second-order valence-corrected chi connectivity index (χ2v) is 7.52. The number of likely N-dealkylation sites (tertiary alicyclic amines) is 2. The van der Waals surface area contributed by atoms with Crippen molar-refractivity contribution in [3.05, 3.63) is 30.1 Å². The van der Waals surface area contributed by atoms with Gasteiger partial charge in [-0.2, -0.15) is 0 Å². The summed E-state index contributed by atoms with van der Waals surface area (Å²) < 4.78 is 0. The fraction of sp³-hybridized carbons (Fsp3) is 0.650. The molecule has 7 heteroatoms. The summed E-state index contributed by atoms with van der Waals surface area (Å²) in [7, 11) is 0. The number of hydrogen-bond donors (Lipinski definition) is 2. The van der Waals surface area contributed by atoms with Crippen molar-refractivity contribution in [3.63, 3.8) is 0 Å². The Morgan fingerprint density at radius 3 is 2.70 bits per heavy atom. The number of rotatable bonds is 6. The van der Waals surface area contributed by atoms with Gasteiger partial charge in [0, 0.05) is 44.8 Å². The molecule has 0 aliphatic carbocycles. The molecule has 1 aromatic heterocycles. The first-order valence-corrected chi connectivity index (χ1v) is 10.1. The lowest BCUT2D eigenvalue weighted by molar-refractivity contribution is -0.132. The minimum Gasteiger partial charge on any atom is -0.350 e. The van der Waals surface area contributed by atoms with Gasteiger partial charge in [-0.15, -0.1) is 0 Å². The van der Waals surface area contributed by atoms with Crippen LogP contribution in [0.25, 0.3) is 0 Å². The van der Waals surface area contributed by atoms with Crippen LogP contribution >= 0.6 is 0 Å². The average molecular weight is 374 g/mol. The Morgan fingerprint density at radius 1 is 1.19 bits per heavy atom. The number of aromatic nitrogens is 1. The fourth-order valence-electron chi connectivity index (χ4n) is 4.14. The number of pyridine rings is 1. The van der Waals surface area contributed by atoms with Crippen molar-refractivity contribution in [3.8, 4) is 0 Å². The van der Waals surface area contributed by atoms with Crippen LogP contribution in [0.4, 0.5) is 0 Å². The first-order valence-electron chi connectivity index (χ1n) is 10.1. The van der Waals surface area contributed by atoms with Crippen molar-refractivity contribution in [1.29, 1.82) is 0 Å². The van der Waals surface area contributed by atoms with Gasteiger partial charge in [-0.3, -0.25) is 19.5 Å². The predicted octanol–water partition coefficient (Wildman–Crippen LogP) is 0.750. The van der Waals surface area contributed by atoms with Gasteiger partial charge in [0.15, 0.2) is 0 Å². The lowest BCUT2D eigenvalue weighted by Crippen LogP contribution is -2.51. The Hall–Kier alpha value is -1.99. The Kier molecular flexibility index (Phi) is 7.18. The number of nitrogens with two attached hydrogens (primary N) is 1. The van der Waals surface area contributed by atoms with Gasteiger partial charge in [-0.1, -0.05) is 6.07 Å². The van der Waals surface area contributed by atoms with Crippen molar-refractivity contribution in [2.45, 2.75) is 44.7 Å². The van der Waals surface area contributed by atoms with Gasteiger partial charge in [0.05, 0.1) is 18.2 Å². The summed E-state index contributed by atoms with van der Waals surface area (Å²) in [4.78, 5) is 33.2. The van der Waals surface area contributed by atoms with E-state index in [1.54, 1.807) is 6.20 Å². The molecule has 2 amide bonds. The highest BCUT2D eigenvalue weighted by atomic mass is 16.2. The standard InChI is InChI=1S/C20H31N5O2/c21-9-6-19(26)24-12-7-18(8-13-24)25-11-3-4-16(15-25)20(27)23-14-17-5-1-2-10-22-17/h1-2,5,10,16,18H,3-4,6-9,11-15,21H2,(H,23,27)/t16-/m0/s1. The Bertz CT molecular complexity index is 616. The molecule has 27 heavy (non-hydrogen) atoms. The summed E-state index contributed by atoms with van der Waals surface area (Å²) in [6.45, 7) is 4.37. The van der Waals surface area contributed by atoms with Crippen LogP contribution in [0.15, 0.2) is 24.4 Å². The molecule has 2 saturated heterocycles. The molecule has 0 bridgehead atoms. The highest BCUT2D eigenvalue weighted by Gasteiger charge is 2.32. The van der Waals surface area contributed by atoms with Crippen LogP contribution in [0, 0.1) is 5.92 Å². The van der Waals surface area contributed by atoms with Crippen LogP contribution in [0.1, 0.15) is 37.8 Å². The van der Waals surface area contributed by atoms with Crippen molar-refractivity contribution >= 4 is 11.8 Å². The van der Waals surface area contributed by atoms with E-state index in [-0.39, 0.29) is 17.7 Å². The molecular weight excluding hydrogens is 342 g/mol. The molecule has 0 aromatic carbocycles. The summed E-state index contributed by atoms with van der Waals surface area (Å²) >= 11 is 0. The van der Waals surface area contributed by atoms with Crippen LogP contribution in [0.2, 0.25) is 0 Å². The number of nitrogens with zero attached hydrogens (tertiary/aromatic N) is 3. The third-order valence-corrected chi connectivity index (χ3v) is 5.69. The van der Waals surface area contributed by atoms with Gasteiger partial charge < -0.3 is 16.0 Å². The third kappa shape index (κ3) is 5.49. The quantitative estimate of drug-likeness (QED) is 0.768. The largest absolute Gasteiger partial charge is 0.350 e. The zero-order valence-electron chi connectivity index (χ0n) is 16.0. The molecule has 0 saturated carbocycles. The van der Waals surface area contributed by atoms with Crippen molar-refractivity contribution in [2.24, 2.45) is 11.7 Å². The maximum atomic E-state index is 12.6. The molecule has 0 radical (unpaired) electrons. The van der Waals surface area contributed by atoms with E-state index >= 15 is 0 Å². The predicted molar refractivity (Wildman–Crippen MR) is 104 cm³/mol. The highest BCUT2D eigenvalue weighted by molar-refractivity contribution is 5.79. The minimum atomic E-state index is 0.0411. The number of piperidine rings is 2. The molecular formula is C20H31N5O2. The van der Waals surface area contributed by atoms with E-state index in [2.05, 4.69) is 15.2 Å².